The summed E-state index contributed by atoms with van der Waals surface area (Å²) in [4.78, 5) is 0. The summed E-state index contributed by atoms with van der Waals surface area (Å²) in [7, 11) is 0. The van der Waals surface area contributed by atoms with Gasteiger partial charge in [-0.25, -0.2) is 0 Å². The number of fused-ring (bicyclic) bond motifs is 1. The number of aryl methyl sites for hydroxylation is 1. The maximum atomic E-state index is 9.70. The van der Waals surface area contributed by atoms with Crippen LogP contribution < -0.4 is 4.74 Å². The lowest BCUT2D eigenvalue weighted by atomic mass is 9.88. The fraction of sp³-hybridized carbons (Fsp3) is 0.500. The van der Waals surface area contributed by atoms with Gasteiger partial charge in [0.15, 0.2) is 0 Å². The molecule has 1 unspecified atom stereocenters. The standard InChI is InChI=1S/C36H52O2/c1-27(2)11-12-29(4)15-16-31(6)19-20-32(7)18-17-30(5)14-13-28(3)10-9-24-36(8)25-23-33-26-34(37)21-22-35(33)38-36/h10-11,14-15,18-19,21-22,26,37H,9,12-13,16-17,20,23-25H2,1-8H3. The molecule has 2 rings (SSSR count). The van der Waals surface area contributed by atoms with Crippen LogP contribution in [0.3, 0.4) is 0 Å². The third-order valence-corrected chi connectivity index (χ3v) is 7.41. The molecule has 1 aromatic carbocycles. The zero-order valence-corrected chi connectivity index (χ0v) is 25.4. The van der Waals surface area contributed by atoms with Gasteiger partial charge in [0.05, 0.1) is 0 Å². The summed E-state index contributed by atoms with van der Waals surface area (Å²) in [5, 5.41) is 9.70. The van der Waals surface area contributed by atoms with E-state index < -0.39 is 0 Å². The lowest BCUT2D eigenvalue weighted by molar-refractivity contribution is 0.0570. The van der Waals surface area contributed by atoms with Crippen LogP contribution in [-0.4, -0.2) is 10.7 Å². The van der Waals surface area contributed by atoms with Crippen molar-refractivity contribution in [3.8, 4) is 11.5 Å². The topological polar surface area (TPSA) is 29.5 Å². The first-order valence-corrected chi connectivity index (χ1v) is 14.4. The van der Waals surface area contributed by atoms with Crippen molar-refractivity contribution in [1.82, 2.24) is 0 Å². The van der Waals surface area contributed by atoms with Crippen molar-refractivity contribution in [2.24, 2.45) is 0 Å². The molecule has 0 saturated heterocycles. The zero-order valence-electron chi connectivity index (χ0n) is 25.4. The number of ether oxygens (including phenoxy) is 1. The molecule has 1 heterocycles. The molecule has 1 aromatic rings. The van der Waals surface area contributed by atoms with Gasteiger partial charge in [0.1, 0.15) is 17.1 Å². The highest BCUT2D eigenvalue weighted by Gasteiger charge is 2.30. The minimum atomic E-state index is -0.137. The Hall–Kier alpha value is -2.74. The van der Waals surface area contributed by atoms with E-state index in [4.69, 9.17) is 4.74 Å². The highest BCUT2D eigenvalue weighted by atomic mass is 16.5. The molecule has 0 aromatic heterocycles. The average Bonchev–Trinajstić information content (AvgIpc) is 2.87. The number of benzene rings is 1. The molecule has 0 bridgehead atoms. The molecule has 1 N–H and O–H groups in total. The monoisotopic (exact) mass is 516 g/mol. The smallest absolute Gasteiger partial charge is 0.123 e. The highest BCUT2D eigenvalue weighted by Crippen LogP contribution is 2.37. The van der Waals surface area contributed by atoms with Gasteiger partial charge in [-0.3, -0.25) is 0 Å². The van der Waals surface area contributed by atoms with E-state index in [1.54, 1.807) is 6.07 Å². The number of phenols is 1. The Labute approximate surface area is 233 Å². The van der Waals surface area contributed by atoms with Crippen LogP contribution in [0.4, 0.5) is 0 Å². The average molecular weight is 517 g/mol. The van der Waals surface area contributed by atoms with Gasteiger partial charge < -0.3 is 9.84 Å². The Morgan fingerprint density at radius 2 is 1.21 bits per heavy atom. The van der Waals surface area contributed by atoms with Crippen LogP contribution in [0.5, 0.6) is 11.5 Å². The molecular formula is C36H52O2. The van der Waals surface area contributed by atoms with Crippen molar-refractivity contribution in [2.75, 3.05) is 0 Å². The Kier molecular flexibility index (Phi) is 12.9. The predicted octanol–water partition coefficient (Wildman–Crippen LogP) is 10.9. The number of hydrogen-bond donors (Lipinski definition) is 1. The van der Waals surface area contributed by atoms with E-state index in [2.05, 4.69) is 91.8 Å². The summed E-state index contributed by atoms with van der Waals surface area (Å²) in [5.41, 5.74) is 9.53. The van der Waals surface area contributed by atoms with Crippen molar-refractivity contribution < 1.29 is 9.84 Å². The molecule has 0 fully saturated rings. The largest absolute Gasteiger partial charge is 0.508 e. The second-order valence-corrected chi connectivity index (χ2v) is 11.9. The summed E-state index contributed by atoms with van der Waals surface area (Å²) in [5.74, 6) is 1.24. The molecule has 0 amide bonds. The van der Waals surface area contributed by atoms with Crippen LogP contribution in [0, 0.1) is 0 Å². The van der Waals surface area contributed by atoms with Crippen molar-refractivity contribution in [3.05, 3.63) is 93.7 Å². The van der Waals surface area contributed by atoms with Crippen LogP contribution in [-0.2, 0) is 6.42 Å². The molecule has 38 heavy (non-hydrogen) atoms. The normalized spacial score (nSPS) is 19.2. The van der Waals surface area contributed by atoms with Gasteiger partial charge in [-0.1, -0.05) is 69.9 Å². The first-order valence-electron chi connectivity index (χ1n) is 14.4. The van der Waals surface area contributed by atoms with Crippen LogP contribution in [0.15, 0.2) is 88.1 Å². The molecular weight excluding hydrogens is 464 g/mol. The second kappa shape index (κ2) is 15.6. The van der Waals surface area contributed by atoms with Gasteiger partial charge in [0.2, 0.25) is 0 Å². The fourth-order valence-electron chi connectivity index (χ4n) is 4.50. The fourth-order valence-corrected chi connectivity index (χ4v) is 4.50. The SMILES string of the molecule is CC(C)=CCC(C)=CCC(C)=CCC(C)=CCC(C)=CCC(C)=CCCC1(C)CCc2cc(O)ccc2O1. The van der Waals surface area contributed by atoms with Gasteiger partial charge in [-0.2, -0.15) is 0 Å². The molecule has 0 radical (unpaired) electrons. The minimum Gasteiger partial charge on any atom is -0.508 e. The predicted molar refractivity (Wildman–Crippen MR) is 166 cm³/mol. The third-order valence-electron chi connectivity index (χ3n) is 7.41. The Balaban J connectivity index is 1.74. The van der Waals surface area contributed by atoms with E-state index in [0.717, 1.165) is 69.1 Å². The van der Waals surface area contributed by atoms with E-state index in [1.165, 1.54) is 33.4 Å². The maximum Gasteiger partial charge on any atom is 0.123 e. The highest BCUT2D eigenvalue weighted by molar-refractivity contribution is 5.41. The molecule has 1 aliphatic rings. The Bertz CT molecular complexity index is 1100. The molecule has 1 atom stereocenters. The van der Waals surface area contributed by atoms with Gasteiger partial charge in [0.25, 0.3) is 0 Å². The Morgan fingerprint density at radius 1 is 0.737 bits per heavy atom. The molecule has 0 saturated carbocycles. The zero-order chi connectivity index (χ0) is 28.1. The van der Waals surface area contributed by atoms with Gasteiger partial charge in [-0.15, -0.1) is 0 Å². The van der Waals surface area contributed by atoms with E-state index in [9.17, 15) is 5.11 Å². The number of aromatic hydroxyl groups is 1. The molecule has 0 aliphatic carbocycles. The first kappa shape index (κ1) is 31.5. The first-order chi connectivity index (χ1) is 18.0. The van der Waals surface area contributed by atoms with Crippen molar-refractivity contribution in [3.63, 3.8) is 0 Å². The van der Waals surface area contributed by atoms with Crippen LogP contribution in [0.25, 0.3) is 0 Å². The number of allylic oxidation sites excluding steroid dienone is 12. The van der Waals surface area contributed by atoms with Crippen LogP contribution >= 0.6 is 0 Å². The second-order valence-electron chi connectivity index (χ2n) is 11.9. The lowest BCUT2D eigenvalue weighted by Gasteiger charge is -2.35. The van der Waals surface area contributed by atoms with E-state index in [-0.39, 0.29) is 5.60 Å². The van der Waals surface area contributed by atoms with Crippen LogP contribution in [0.1, 0.15) is 112 Å². The quantitative estimate of drug-likeness (QED) is 0.264. The Morgan fingerprint density at radius 3 is 1.71 bits per heavy atom. The van der Waals surface area contributed by atoms with Crippen molar-refractivity contribution in [2.45, 2.75) is 119 Å². The molecule has 2 nitrogen and oxygen atoms in total. The molecule has 208 valence electrons. The van der Waals surface area contributed by atoms with E-state index >= 15 is 0 Å². The summed E-state index contributed by atoms with van der Waals surface area (Å²) >= 11 is 0. The molecule has 2 heteroatoms. The minimum absolute atomic E-state index is 0.137. The molecule has 0 spiro atoms. The van der Waals surface area contributed by atoms with Crippen LogP contribution in [0.2, 0.25) is 0 Å². The summed E-state index contributed by atoms with van der Waals surface area (Å²) in [6, 6.07) is 5.44. The van der Waals surface area contributed by atoms with Gasteiger partial charge >= 0.3 is 0 Å². The molecule has 1 aliphatic heterocycles. The van der Waals surface area contributed by atoms with E-state index in [1.807, 2.05) is 12.1 Å². The van der Waals surface area contributed by atoms with Gasteiger partial charge in [0, 0.05) is 0 Å². The van der Waals surface area contributed by atoms with Crippen molar-refractivity contribution >= 4 is 0 Å². The van der Waals surface area contributed by atoms with Gasteiger partial charge in [-0.05, 0) is 137 Å². The summed E-state index contributed by atoms with van der Waals surface area (Å²) in [6.07, 6.45) is 23.3. The van der Waals surface area contributed by atoms with Crippen molar-refractivity contribution in [1.29, 1.82) is 0 Å². The number of phenolic OH excluding ortho intramolecular Hbond substituents is 1. The maximum absolute atomic E-state index is 9.70. The third kappa shape index (κ3) is 12.2. The summed E-state index contributed by atoms with van der Waals surface area (Å²) in [6.45, 7) is 17.7. The lowest BCUT2D eigenvalue weighted by Crippen LogP contribution is -2.36. The number of hydrogen-bond acceptors (Lipinski definition) is 2. The summed E-state index contributed by atoms with van der Waals surface area (Å²) < 4.78 is 6.32. The van der Waals surface area contributed by atoms with E-state index in [0.29, 0.717) is 5.75 Å². The number of rotatable bonds is 13.